The Morgan fingerprint density at radius 1 is 1.05 bits per heavy atom. The number of ether oxygens (including phenoxy) is 1. The summed E-state index contributed by atoms with van der Waals surface area (Å²) in [7, 11) is 1.77. The van der Waals surface area contributed by atoms with Crippen molar-refractivity contribution in [1.29, 1.82) is 0 Å². The normalized spacial score (nSPS) is 12.8. The van der Waals surface area contributed by atoms with E-state index in [1.54, 1.807) is 7.11 Å². The van der Waals surface area contributed by atoms with Gasteiger partial charge in [0.2, 0.25) is 0 Å². The molecule has 0 fully saturated rings. The molecule has 0 unspecified atom stereocenters. The lowest BCUT2D eigenvalue weighted by atomic mass is 10.0. The molecule has 0 atom stereocenters. The molecule has 1 aliphatic heterocycles. The summed E-state index contributed by atoms with van der Waals surface area (Å²) in [5.74, 6) is 0.976. The predicted octanol–water partition coefficient (Wildman–Crippen LogP) is 4.21. The molecule has 1 aliphatic rings. The van der Waals surface area contributed by atoms with Crippen molar-refractivity contribution < 1.29 is 4.74 Å². The summed E-state index contributed by atoms with van der Waals surface area (Å²) in [6, 6.07) is 13.1. The van der Waals surface area contributed by atoms with E-state index >= 15 is 0 Å². The van der Waals surface area contributed by atoms with Crippen LogP contribution in [0.4, 0.5) is 0 Å². The van der Waals surface area contributed by atoms with Crippen LogP contribution in [0.3, 0.4) is 0 Å². The highest BCUT2D eigenvalue weighted by Gasteiger charge is 2.24. The summed E-state index contributed by atoms with van der Waals surface area (Å²) < 4.78 is 10.4. The third-order valence-corrected chi connectivity index (χ3v) is 4.56. The predicted molar refractivity (Wildman–Crippen MR) is 89.2 cm³/mol. The lowest BCUT2D eigenvalue weighted by molar-refractivity contribution is 0.414. The van der Waals surface area contributed by atoms with E-state index in [4.69, 9.17) is 4.74 Å². The number of benzene rings is 1. The molecule has 0 spiro atoms. The molecule has 0 N–H and O–H groups in total. The topological polar surface area (TPSA) is 19.1 Å². The van der Waals surface area contributed by atoms with Crippen LogP contribution in [0.15, 0.2) is 48.8 Å². The van der Waals surface area contributed by atoms with Crippen molar-refractivity contribution >= 4 is 0 Å². The lowest BCUT2D eigenvalue weighted by Crippen LogP contribution is -2.14. The molecule has 3 heteroatoms. The van der Waals surface area contributed by atoms with E-state index in [9.17, 15) is 0 Å². The quantitative estimate of drug-likeness (QED) is 0.707. The maximum Gasteiger partial charge on any atom is 0.153 e. The summed E-state index contributed by atoms with van der Waals surface area (Å²) in [4.78, 5) is 0. The van der Waals surface area contributed by atoms with Crippen LogP contribution in [0.2, 0.25) is 0 Å². The average molecular weight is 292 g/mol. The third kappa shape index (κ3) is 1.89. The number of aryl methyl sites for hydroxylation is 3. The van der Waals surface area contributed by atoms with Crippen LogP contribution in [-0.4, -0.2) is 16.2 Å². The van der Waals surface area contributed by atoms with Gasteiger partial charge in [0.15, 0.2) is 5.75 Å². The molecule has 4 rings (SSSR count). The second-order valence-corrected chi connectivity index (χ2v) is 5.76. The standard InChI is InChI=1S/C19H20N2O/c1-3-14-6-8-15(9-7-14)16-13-21-12-11-20-10-4-5-17(20)18(21)19(16)22-2/h4-10,13H,3,11-12H2,1-2H3. The fourth-order valence-corrected chi connectivity index (χ4v) is 3.35. The molecule has 22 heavy (non-hydrogen) atoms. The highest BCUT2D eigenvalue weighted by atomic mass is 16.5. The van der Waals surface area contributed by atoms with Crippen molar-refractivity contribution in [1.82, 2.24) is 9.13 Å². The van der Waals surface area contributed by atoms with Crippen molar-refractivity contribution in [3.8, 4) is 28.3 Å². The number of nitrogens with zero attached hydrogens (tertiary/aromatic N) is 2. The van der Waals surface area contributed by atoms with Gasteiger partial charge in [-0.2, -0.15) is 0 Å². The van der Waals surface area contributed by atoms with Gasteiger partial charge in [0.05, 0.1) is 12.8 Å². The van der Waals surface area contributed by atoms with Crippen molar-refractivity contribution in [2.24, 2.45) is 0 Å². The molecular weight excluding hydrogens is 272 g/mol. The lowest BCUT2D eigenvalue weighted by Gasteiger charge is -2.19. The largest absolute Gasteiger partial charge is 0.494 e. The fraction of sp³-hybridized carbons (Fsp3) is 0.263. The van der Waals surface area contributed by atoms with Crippen LogP contribution in [0.1, 0.15) is 12.5 Å². The van der Waals surface area contributed by atoms with Crippen LogP contribution >= 0.6 is 0 Å². The Hall–Kier alpha value is -2.42. The maximum atomic E-state index is 5.79. The molecule has 112 valence electrons. The molecule has 3 heterocycles. The van der Waals surface area contributed by atoms with Gasteiger partial charge < -0.3 is 13.9 Å². The molecular formula is C19H20N2O. The van der Waals surface area contributed by atoms with Crippen LogP contribution in [0, 0.1) is 0 Å². The third-order valence-electron chi connectivity index (χ3n) is 4.56. The van der Waals surface area contributed by atoms with E-state index < -0.39 is 0 Å². The Labute approximate surface area is 130 Å². The smallest absolute Gasteiger partial charge is 0.153 e. The van der Waals surface area contributed by atoms with Gasteiger partial charge in [-0.1, -0.05) is 31.2 Å². The zero-order valence-electron chi connectivity index (χ0n) is 13.0. The number of methoxy groups -OCH3 is 1. The number of hydrogen-bond donors (Lipinski definition) is 0. The first kappa shape index (κ1) is 13.3. The van der Waals surface area contributed by atoms with Gasteiger partial charge in [-0.15, -0.1) is 0 Å². The van der Waals surface area contributed by atoms with Gasteiger partial charge in [-0.25, -0.2) is 0 Å². The Morgan fingerprint density at radius 3 is 2.55 bits per heavy atom. The van der Waals surface area contributed by atoms with Gasteiger partial charge >= 0.3 is 0 Å². The number of hydrogen-bond acceptors (Lipinski definition) is 1. The van der Waals surface area contributed by atoms with Gasteiger partial charge in [0, 0.05) is 31.0 Å². The Kier molecular flexibility index (Phi) is 3.07. The van der Waals surface area contributed by atoms with Crippen LogP contribution in [0.5, 0.6) is 5.75 Å². The molecule has 3 aromatic rings. The van der Waals surface area contributed by atoms with Crippen molar-refractivity contribution in [3.63, 3.8) is 0 Å². The van der Waals surface area contributed by atoms with E-state index in [1.807, 2.05) is 0 Å². The van der Waals surface area contributed by atoms with Gasteiger partial charge in [0.25, 0.3) is 0 Å². The minimum atomic E-state index is 0.976. The zero-order valence-corrected chi connectivity index (χ0v) is 13.0. The molecule has 3 nitrogen and oxygen atoms in total. The monoisotopic (exact) mass is 292 g/mol. The maximum absolute atomic E-state index is 5.79. The van der Waals surface area contributed by atoms with Crippen LogP contribution in [0.25, 0.3) is 22.5 Å². The second kappa shape index (κ2) is 5.09. The van der Waals surface area contributed by atoms with Crippen molar-refractivity contribution in [2.75, 3.05) is 7.11 Å². The highest BCUT2D eigenvalue weighted by molar-refractivity contribution is 5.81. The summed E-state index contributed by atoms with van der Waals surface area (Å²) in [5, 5.41) is 0. The fourth-order valence-electron chi connectivity index (χ4n) is 3.35. The van der Waals surface area contributed by atoms with E-state index in [-0.39, 0.29) is 0 Å². The summed E-state index contributed by atoms with van der Waals surface area (Å²) >= 11 is 0. The molecule has 0 saturated heterocycles. The van der Waals surface area contributed by atoms with E-state index in [1.165, 1.54) is 28.1 Å². The van der Waals surface area contributed by atoms with Crippen LogP contribution < -0.4 is 4.74 Å². The molecule has 2 aromatic heterocycles. The average Bonchev–Trinajstić information content (AvgIpc) is 3.18. The van der Waals surface area contributed by atoms with E-state index in [0.717, 1.165) is 25.3 Å². The second-order valence-electron chi connectivity index (χ2n) is 5.76. The Bertz CT molecular complexity index is 809. The number of fused-ring (bicyclic) bond motifs is 3. The molecule has 0 saturated carbocycles. The van der Waals surface area contributed by atoms with Gasteiger partial charge in [-0.05, 0) is 29.7 Å². The summed E-state index contributed by atoms with van der Waals surface area (Å²) in [6.07, 6.45) is 5.43. The van der Waals surface area contributed by atoms with Gasteiger partial charge in [0.1, 0.15) is 5.69 Å². The molecule has 0 aliphatic carbocycles. The van der Waals surface area contributed by atoms with Crippen LogP contribution in [-0.2, 0) is 19.5 Å². The summed E-state index contributed by atoms with van der Waals surface area (Å²) in [5.41, 5.74) is 6.18. The molecule has 0 bridgehead atoms. The first-order chi connectivity index (χ1) is 10.8. The number of aromatic nitrogens is 2. The minimum Gasteiger partial charge on any atom is -0.494 e. The summed E-state index contributed by atoms with van der Waals surface area (Å²) in [6.45, 7) is 4.18. The Balaban J connectivity index is 1.88. The first-order valence-corrected chi connectivity index (χ1v) is 7.83. The number of rotatable bonds is 3. The highest BCUT2D eigenvalue weighted by Crippen LogP contribution is 2.42. The van der Waals surface area contributed by atoms with Crippen molar-refractivity contribution in [3.05, 3.63) is 54.4 Å². The van der Waals surface area contributed by atoms with Gasteiger partial charge in [-0.3, -0.25) is 0 Å². The van der Waals surface area contributed by atoms with Crippen molar-refractivity contribution in [2.45, 2.75) is 26.4 Å². The minimum absolute atomic E-state index is 0.976. The molecule has 0 radical (unpaired) electrons. The first-order valence-electron chi connectivity index (χ1n) is 7.83. The van der Waals surface area contributed by atoms with E-state index in [2.05, 4.69) is 64.8 Å². The van der Waals surface area contributed by atoms with E-state index in [0.29, 0.717) is 0 Å². The molecule has 0 amide bonds. The zero-order chi connectivity index (χ0) is 15.1. The Morgan fingerprint density at radius 2 is 1.82 bits per heavy atom. The SMILES string of the molecule is CCc1ccc(-c2cn3c(c2OC)-c2cccn2CC3)cc1. The molecule has 1 aromatic carbocycles.